The SMILES string of the molecule is COc1ccc(-c2nc(C(=O)N3CCCSc4ccccc43)cs2)cc1. The molecule has 1 aliphatic heterocycles. The van der Waals surface area contributed by atoms with Crippen LogP contribution in [0.3, 0.4) is 0 Å². The summed E-state index contributed by atoms with van der Waals surface area (Å²) in [5.41, 5.74) is 2.48. The fourth-order valence-corrected chi connectivity index (χ4v) is 4.71. The van der Waals surface area contributed by atoms with E-state index in [4.69, 9.17) is 4.74 Å². The second kappa shape index (κ2) is 7.51. The molecule has 26 heavy (non-hydrogen) atoms. The number of rotatable bonds is 3. The monoisotopic (exact) mass is 382 g/mol. The van der Waals surface area contributed by atoms with Gasteiger partial charge in [-0.15, -0.1) is 23.1 Å². The van der Waals surface area contributed by atoms with Gasteiger partial charge in [0, 0.05) is 22.4 Å². The Hall–Kier alpha value is -2.31. The number of carbonyl (C=O) groups excluding carboxylic acids is 1. The first kappa shape index (κ1) is 17.1. The molecule has 4 nitrogen and oxygen atoms in total. The molecular weight excluding hydrogens is 364 g/mol. The van der Waals surface area contributed by atoms with Crippen LogP contribution in [-0.4, -0.2) is 30.3 Å². The maximum atomic E-state index is 13.1. The summed E-state index contributed by atoms with van der Waals surface area (Å²) < 4.78 is 5.19. The van der Waals surface area contributed by atoms with Crippen LogP contribution < -0.4 is 9.64 Å². The van der Waals surface area contributed by atoms with Crippen molar-refractivity contribution in [3.05, 3.63) is 59.6 Å². The van der Waals surface area contributed by atoms with Crippen molar-refractivity contribution in [2.24, 2.45) is 0 Å². The normalized spacial score (nSPS) is 13.8. The van der Waals surface area contributed by atoms with E-state index in [0.29, 0.717) is 5.69 Å². The van der Waals surface area contributed by atoms with E-state index < -0.39 is 0 Å². The number of nitrogens with zero attached hydrogens (tertiary/aromatic N) is 2. The lowest BCUT2D eigenvalue weighted by atomic mass is 10.2. The maximum Gasteiger partial charge on any atom is 0.277 e. The molecule has 0 spiro atoms. The number of thioether (sulfide) groups is 1. The first-order valence-electron chi connectivity index (χ1n) is 8.40. The van der Waals surface area contributed by atoms with Crippen molar-refractivity contribution in [3.8, 4) is 16.3 Å². The van der Waals surface area contributed by atoms with E-state index in [1.54, 1.807) is 7.11 Å². The van der Waals surface area contributed by atoms with Crippen LogP contribution in [0.4, 0.5) is 5.69 Å². The van der Waals surface area contributed by atoms with Gasteiger partial charge < -0.3 is 9.64 Å². The lowest BCUT2D eigenvalue weighted by Crippen LogP contribution is -2.32. The highest BCUT2D eigenvalue weighted by Crippen LogP contribution is 2.35. The molecule has 0 aliphatic carbocycles. The molecule has 0 unspecified atom stereocenters. The fraction of sp³-hybridized carbons (Fsp3) is 0.200. The van der Waals surface area contributed by atoms with Crippen LogP contribution in [-0.2, 0) is 0 Å². The minimum atomic E-state index is -0.0315. The van der Waals surface area contributed by atoms with Crippen LogP contribution in [0, 0.1) is 0 Å². The first-order chi connectivity index (χ1) is 12.8. The molecule has 2 aromatic carbocycles. The van der Waals surface area contributed by atoms with E-state index in [9.17, 15) is 4.79 Å². The predicted octanol–water partition coefficient (Wildman–Crippen LogP) is 4.96. The van der Waals surface area contributed by atoms with Gasteiger partial charge in [0.2, 0.25) is 0 Å². The Morgan fingerprint density at radius 2 is 1.96 bits per heavy atom. The van der Waals surface area contributed by atoms with E-state index in [-0.39, 0.29) is 5.91 Å². The van der Waals surface area contributed by atoms with E-state index >= 15 is 0 Å². The van der Waals surface area contributed by atoms with Gasteiger partial charge in [0.25, 0.3) is 5.91 Å². The zero-order chi connectivity index (χ0) is 17.9. The van der Waals surface area contributed by atoms with Crippen LogP contribution in [0.25, 0.3) is 10.6 Å². The molecule has 6 heteroatoms. The first-order valence-corrected chi connectivity index (χ1v) is 10.3. The maximum absolute atomic E-state index is 13.1. The summed E-state index contributed by atoms with van der Waals surface area (Å²) in [6.45, 7) is 0.720. The average molecular weight is 383 g/mol. The van der Waals surface area contributed by atoms with Gasteiger partial charge in [-0.3, -0.25) is 4.79 Å². The quantitative estimate of drug-likeness (QED) is 0.642. The summed E-state index contributed by atoms with van der Waals surface area (Å²) >= 11 is 3.30. The highest BCUT2D eigenvalue weighted by Gasteiger charge is 2.24. The second-order valence-corrected chi connectivity index (χ2v) is 7.89. The van der Waals surface area contributed by atoms with Crippen molar-refractivity contribution >= 4 is 34.7 Å². The molecule has 3 aromatic rings. The Labute approximate surface area is 160 Å². The van der Waals surface area contributed by atoms with E-state index in [0.717, 1.165) is 45.6 Å². The smallest absolute Gasteiger partial charge is 0.277 e. The molecule has 2 heterocycles. The van der Waals surface area contributed by atoms with Gasteiger partial charge in [0.15, 0.2) is 0 Å². The number of hydrogen-bond acceptors (Lipinski definition) is 5. The van der Waals surface area contributed by atoms with Gasteiger partial charge in [-0.1, -0.05) is 12.1 Å². The van der Waals surface area contributed by atoms with Crippen molar-refractivity contribution in [2.75, 3.05) is 24.3 Å². The lowest BCUT2D eigenvalue weighted by Gasteiger charge is -2.21. The molecule has 0 N–H and O–H groups in total. The number of anilines is 1. The van der Waals surface area contributed by atoms with E-state index in [1.165, 1.54) is 11.3 Å². The molecule has 0 saturated carbocycles. The molecule has 0 bridgehead atoms. The summed E-state index contributed by atoms with van der Waals surface area (Å²) in [4.78, 5) is 20.7. The molecular formula is C20H18N2O2S2. The largest absolute Gasteiger partial charge is 0.497 e. The predicted molar refractivity (Wildman–Crippen MR) is 108 cm³/mol. The Kier molecular flexibility index (Phi) is 4.95. The van der Waals surface area contributed by atoms with Gasteiger partial charge in [-0.05, 0) is 48.6 Å². The number of carbonyl (C=O) groups is 1. The molecule has 0 fully saturated rings. The molecule has 1 aromatic heterocycles. The summed E-state index contributed by atoms with van der Waals surface area (Å²) in [5, 5.41) is 2.69. The van der Waals surface area contributed by atoms with Crippen LogP contribution >= 0.6 is 23.1 Å². The molecule has 1 amide bonds. The number of para-hydroxylation sites is 1. The van der Waals surface area contributed by atoms with Gasteiger partial charge in [0.05, 0.1) is 12.8 Å². The number of thiazole rings is 1. The van der Waals surface area contributed by atoms with Gasteiger partial charge >= 0.3 is 0 Å². The van der Waals surface area contributed by atoms with Crippen molar-refractivity contribution in [1.82, 2.24) is 4.98 Å². The van der Waals surface area contributed by atoms with Crippen LogP contribution in [0.15, 0.2) is 58.8 Å². The third-order valence-corrected chi connectivity index (χ3v) is 6.29. The Balaban J connectivity index is 1.62. The minimum Gasteiger partial charge on any atom is -0.497 e. The van der Waals surface area contributed by atoms with E-state index in [1.807, 2.05) is 64.5 Å². The molecule has 0 radical (unpaired) electrons. The fourth-order valence-electron chi connectivity index (χ4n) is 2.91. The third-order valence-electron chi connectivity index (χ3n) is 4.25. The Morgan fingerprint density at radius 1 is 1.15 bits per heavy atom. The zero-order valence-corrected chi connectivity index (χ0v) is 16.0. The van der Waals surface area contributed by atoms with Crippen LogP contribution in [0.5, 0.6) is 5.75 Å². The molecule has 0 saturated heterocycles. The molecule has 4 rings (SSSR count). The third kappa shape index (κ3) is 3.34. The number of benzene rings is 2. The Bertz CT molecular complexity index is 922. The zero-order valence-electron chi connectivity index (χ0n) is 14.3. The summed E-state index contributed by atoms with van der Waals surface area (Å²) in [6, 6.07) is 15.8. The van der Waals surface area contributed by atoms with Gasteiger partial charge in [0.1, 0.15) is 16.5 Å². The summed E-state index contributed by atoms with van der Waals surface area (Å²) in [7, 11) is 1.65. The van der Waals surface area contributed by atoms with Crippen molar-refractivity contribution < 1.29 is 9.53 Å². The van der Waals surface area contributed by atoms with Crippen LogP contribution in [0.2, 0.25) is 0 Å². The number of fused-ring (bicyclic) bond motifs is 1. The number of methoxy groups -OCH3 is 1. The summed E-state index contributed by atoms with van der Waals surface area (Å²) in [5.74, 6) is 1.80. The molecule has 0 atom stereocenters. The van der Waals surface area contributed by atoms with Gasteiger partial charge in [-0.2, -0.15) is 0 Å². The number of aromatic nitrogens is 1. The second-order valence-electron chi connectivity index (χ2n) is 5.89. The number of amides is 1. The van der Waals surface area contributed by atoms with E-state index in [2.05, 4.69) is 11.1 Å². The molecule has 132 valence electrons. The Morgan fingerprint density at radius 3 is 2.77 bits per heavy atom. The van der Waals surface area contributed by atoms with Crippen LogP contribution in [0.1, 0.15) is 16.9 Å². The number of ether oxygens (including phenoxy) is 1. The average Bonchev–Trinajstić information content (AvgIpc) is 3.08. The minimum absolute atomic E-state index is 0.0315. The number of hydrogen-bond donors (Lipinski definition) is 0. The standard InChI is InChI=1S/C20H18N2O2S2/c1-24-15-9-7-14(8-10-15)19-21-16(13-26-19)20(23)22-11-4-12-25-18-6-3-2-5-17(18)22/h2-3,5-10,13H,4,11-12H2,1H3. The topological polar surface area (TPSA) is 42.4 Å². The van der Waals surface area contributed by atoms with Crippen molar-refractivity contribution in [1.29, 1.82) is 0 Å². The van der Waals surface area contributed by atoms with Crippen molar-refractivity contribution in [3.63, 3.8) is 0 Å². The molecule has 1 aliphatic rings. The summed E-state index contributed by atoms with van der Waals surface area (Å²) in [6.07, 6.45) is 0.973. The highest BCUT2D eigenvalue weighted by molar-refractivity contribution is 7.99. The lowest BCUT2D eigenvalue weighted by molar-refractivity contribution is 0.0982. The van der Waals surface area contributed by atoms with Gasteiger partial charge in [-0.25, -0.2) is 4.98 Å². The highest BCUT2D eigenvalue weighted by atomic mass is 32.2. The van der Waals surface area contributed by atoms with Crippen molar-refractivity contribution in [2.45, 2.75) is 11.3 Å².